The van der Waals surface area contributed by atoms with Gasteiger partial charge in [0.2, 0.25) is 0 Å². The Balaban J connectivity index is 1.89. The monoisotopic (exact) mass is 296 g/mol. The number of likely N-dealkylation sites (tertiary alicyclic amines) is 1. The predicted octanol–water partition coefficient (Wildman–Crippen LogP) is 2.88. The molecule has 2 aliphatic rings. The van der Waals surface area contributed by atoms with Crippen LogP contribution in [0, 0.1) is 17.8 Å². The third kappa shape index (κ3) is 5.22. The zero-order valence-corrected chi connectivity index (χ0v) is 14.4. The van der Waals surface area contributed by atoms with Gasteiger partial charge < -0.3 is 15.3 Å². The topological polar surface area (TPSA) is 35.5 Å². The molecular weight excluding hydrogens is 260 g/mol. The highest BCUT2D eigenvalue weighted by Gasteiger charge is 2.33. The van der Waals surface area contributed by atoms with Gasteiger partial charge >= 0.3 is 0 Å². The third-order valence-electron chi connectivity index (χ3n) is 5.67. The van der Waals surface area contributed by atoms with Crippen molar-refractivity contribution < 1.29 is 5.11 Å². The molecule has 0 aromatic carbocycles. The number of hydrogen-bond donors (Lipinski definition) is 2. The molecule has 0 amide bonds. The van der Waals surface area contributed by atoms with Crippen molar-refractivity contribution in [2.45, 2.75) is 71.4 Å². The zero-order chi connectivity index (χ0) is 15.2. The van der Waals surface area contributed by atoms with E-state index in [9.17, 15) is 5.11 Å². The van der Waals surface area contributed by atoms with E-state index in [1.165, 1.54) is 32.2 Å². The highest BCUT2D eigenvalue weighted by molar-refractivity contribution is 4.88. The van der Waals surface area contributed by atoms with Gasteiger partial charge in [-0.25, -0.2) is 0 Å². The average Bonchev–Trinajstić information content (AvgIpc) is 2.48. The van der Waals surface area contributed by atoms with Crippen LogP contribution in [0.3, 0.4) is 0 Å². The second kappa shape index (κ2) is 8.50. The lowest BCUT2D eigenvalue weighted by atomic mass is 9.73. The highest BCUT2D eigenvalue weighted by atomic mass is 16.3. The predicted molar refractivity (Wildman–Crippen MR) is 89.4 cm³/mol. The summed E-state index contributed by atoms with van der Waals surface area (Å²) in [4.78, 5) is 2.60. The van der Waals surface area contributed by atoms with Crippen molar-refractivity contribution in [2.24, 2.45) is 17.8 Å². The molecule has 3 atom stereocenters. The Labute approximate surface area is 131 Å². The number of piperidine rings is 1. The van der Waals surface area contributed by atoms with E-state index < -0.39 is 0 Å². The molecule has 1 saturated carbocycles. The lowest BCUT2D eigenvalue weighted by Crippen LogP contribution is -2.48. The van der Waals surface area contributed by atoms with Crippen LogP contribution in [0.2, 0.25) is 0 Å². The van der Waals surface area contributed by atoms with Gasteiger partial charge in [0, 0.05) is 25.7 Å². The van der Waals surface area contributed by atoms with Crippen LogP contribution in [-0.2, 0) is 0 Å². The molecule has 1 aliphatic carbocycles. The van der Waals surface area contributed by atoms with E-state index in [0.717, 1.165) is 50.2 Å². The molecule has 0 bridgehead atoms. The van der Waals surface area contributed by atoms with Gasteiger partial charge in [-0.05, 0) is 62.8 Å². The van der Waals surface area contributed by atoms with Crippen LogP contribution in [0.25, 0.3) is 0 Å². The minimum Gasteiger partial charge on any atom is -0.393 e. The van der Waals surface area contributed by atoms with Crippen molar-refractivity contribution >= 4 is 0 Å². The summed E-state index contributed by atoms with van der Waals surface area (Å²) in [6.45, 7) is 11.6. The van der Waals surface area contributed by atoms with E-state index in [0.29, 0.717) is 6.04 Å². The van der Waals surface area contributed by atoms with E-state index >= 15 is 0 Å². The number of hydrogen-bond acceptors (Lipinski definition) is 3. The molecule has 1 saturated heterocycles. The molecule has 0 spiro atoms. The van der Waals surface area contributed by atoms with Gasteiger partial charge in [0.25, 0.3) is 0 Å². The van der Waals surface area contributed by atoms with Crippen molar-refractivity contribution in [1.29, 1.82) is 0 Å². The Morgan fingerprint density at radius 2 is 1.86 bits per heavy atom. The fourth-order valence-corrected chi connectivity index (χ4v) is 4.14. The average molecular weight is 296 g/mol. The fourth-order valence-electron chi connectivity index (χ4n) is 4.14. The van der Waals surface area contributed by atoms with Gasteiger partial charge in [-0.2, -0.15) is 0 Å². The third-order valence-corrected chi connectivity index (χ3v) is 5.67. The SMILES string of the molecule is CCCNC1CCC(C(C)C)CC1CN1CCC(O)CC1. The lowest BCUT2D eigenvalue weighted by Gasteiger charge is -2.42. The molecule has 3 nitrogen and oxygen atoms in total. The lowest BCUT2D eigenvalue weighted by molar-refractivity contribution is 0.0576. The molecule has 2 rings (SSSR count). The summed E-state index contributed by atoms with van der Waals surface area (Å²) in [6.07, 6.45) is 7.24. The second-order valence-corrected chi connectivity index (χ2v) is 7.67. The summed E-state index contributed by atoms with van der Waals surface area (Å²) in [5, 5.41) is 13.5. The van der Waals surface area contributed by atoms with Gasteiger partial charge in [0.15, 0.2) is 0 Å². The summed E-state index contributed by atoms with van der Waals surface area (Å²) in [5.41, 5.74) is 0. The second-order valence-electron chi connectivity index (χ2n) is 7.67. The molecule has 0 aromatic rings. The quantitative estimate of drug-likeness (QED) is 0.791. The molecule has 1 aliphatic heterocycles. The highest BCUT2D eigenvalue weighted by Crippen LogP contribution is 2.34. The van der Waals surface area contributed by atoms with E-state index in [1.54, 1.807) is 0 Å². The molecule has 2 fully saturated rings. The first-order valence-corrected chi connectivity index (χ1v) is 9.24. The molecule has 0 aromatic heterocycles. The van der Waals surface area contributed by atoms with Crippen molar-refractivity contribution in [3.05, 3.63) is 0 Å². The van der Waals surface area contributed by atoms with E-state index in [1.807, 2.05) is 0 Å². The maximum Gasteiger partial charge on any atom is 0.0564 e. The van der Waals surface area contributed by atoms with Crippen LogP contribution in [0.15, 0.2) is 0 Å². The maximum atomic E-state index is 9.68. The van der Waals surface area contributed by atoms with Crippen LogP contribution in [-0.4, -0.2) is 48.3 Å². The Morgan fingerprint density at radius 1 is 1.14 bits per heavy atom. The summed E-state index contributed by atoms with van der Waals surface area (Å²) in [5.74, 6) is 2.53. The van der Waals surface area contributed by atoms with Crippen LogP contribution >= 0.6 is 0 Å². The summed E-state index contributed by atoms with van der Waals surface area (Å²) in [6, 6.07) is 0.715. The number of nitrogens with one attached hydrogen (secondary N) is 1. The summed E-state index contributed by atoms with van der Waals surface area (Å²) < 4.78 is 0. The summed E-state index contributed by atoms with van der Waals surface area (Å²) >= 11 is 0. The van der Waals surface area contributed by atoms with Crippen molar-refractivity contribution in [3.8, 4) is 0 Å². The van der Waals surface area contributed by atoms with Crippen molar-refractivity contribution in [3.63, 3.8) is 0 Å². The minimum absolute atomic E-state index is 0.0509. The van der Waals surface area contributed by atoms with Crippen LogP contribution in [0.4, 0.5) is 0 Å². The molecule has 3 unspecified atom stereocenters. The largest absolute Gasteiger partial charge is 0.393 e. The smallest absolute Gasteiger partial charge is 0.0564 e. The molecule has 0 radical (unpaired) electrons. The van der Waals surface area contributed by atoms with E-state index in [-0.39, 0.29) is 6.10 Å². The molecule has 124 valence electrons. The van der Waals surface area contributed by atoms with Gasteiger partial charge in [0.05, 0.1) is 6.10 Å². The fraction of sp³-hybridized carbons (Fsp3) is 1.00. The number of aliphatic hydroxyl groups excluding tert-OH is 1. The van der Waals surface area contributed by atoms with E-state index in [2.05, 4.69) is 31.0 Å². The normalized spacial score (nSPS) is 32.7. The van der Waals surface area contributed by atoms with Gasteiger partial charge in [0.1, 0.15) is 0 Å². The summed E-state index contributed by atoms with van der Waals surface area (Å²) in [7, 11) is 0. The first-order chi connectivity index (χ1) is 10.1. The first-order valence-electron chi connectivity index (χ1n) is 9.24. The van der Waals surface area contributed by atoms with Crippen molar-refractivity contribution in [2.75, 3.05) is 26.2 Å². The molecule has 3 heteroatoms. The first kappa shape index (κ1) is 17.2. The van der Waals surface area contributed by atoms with Crippen LogP contribution in [0.1, 0.15) is 59.3 Å². The Kier molecular flexibility index (Phi) is 6.97. The Bertz CT molecular complexity index is 287. The molecule has 2 N–H and O–H groups in total. The minimum atomic E-state index is -0.0509. The van der Waals surface area contributed by atoms with Crippen LogP contribution in [0.5, 0.6) is 0 Å². The van der Waals surface area contributed by atoms with Gasteiger partial charge in [-0.15, -0.1) is 0 Å². The molecule has 1 heterocycles. The van der Waals surface area contributed by atoms with Gasteiger partial charge in [-0.1, -0.05) is 20.8 Å². The molecular formula is C18H36N2O. The number of rotatable bonds is 6. The Morgan fingerprint density at radius 3 is 2.48 bits per heavy atom. The van der Waals surface area contributed by atoms with Crippen LogP contribution < -0.4 is 5.32 Å². The van der Waals surface area contributed by atoms with E-state index in [4.69, 9.17) is 0 Å². The maximum absolute atomic E-state index is 9.68. The standard InChI is InChI=1S/C18H36N2O/c1-4-9-19-18-6-5-15(14(2)3)12-16(18)13-20-10-7-17(21)8-11-20/h14-19,21H,4-13H2,1-3H3. The number of nitrogens with zero attached hydrogens (tertiary/aromatic N) is 1. The molecule has 21 heavy (non-hydrogen) atoms. The zero-order valence-electron chi connectivity index (χ0n) is 14.4. The Hall–Kier alpha value is -0.120. The van der Waals surface area contributed by atoms with Gasteiger partial charge in [-0.3, -0.25) is 0 Å². The number of aliphatic hydroxyl groups is 1. The van der Waals surface area contributed by atoms with Crippen molar-refractivity contribution in [1.82, 2.24) is 10.2 Å².